The summed E-state index contributed by atoms with van der Waals surface area (Å²) in [6, 6.07) is 14.9. The fourth-order valence-corrected chi connectivity index (χ4v) is 2.58. The molecule has 29 heavy (non-hydrogen) atoms. The monoisotopic (exact) mass is 394 g/mol. The van der Waals surface area contributed by atoms with Crippen molar-refractivity contribution in [3.8, 4) is 23.3 Å². The van der Waals surface area contributed by atoms with E-state index in [9.17, 15) is 4.79 Å². The number of primary amides is 1. The molecule has 2 N–H and O–H groups in total. The van der Waals surface area contributed by atoms with Crippen molar-refractivity contribution in [2.45, 2.75) is 26.2 Å². The van der Waals surface area contributed by atoms with Gasteiger partial charge in [0.05, 0.1) is 7.11 Å². The Kier molecular flexibility index (Phi) is 7.27. The number of nitriles is 1. The van der Waals surface area contributed by atoms with E-state index in [4.69, 9.17) is 25.2 Å². The molecule has 0 atom stereocenters. The molecule has 0 bridgehead atoms. The number of carbonyl (C=O) groups excluding carboxylic acids is 1. The molecule has 0 aliphatic carbocycles. The summed E-state index contributed by atoms with van der Waals surface area (Å²) in [6.45, 7) is 7.21. The smallest absolute Gasteiger partial charge is 0.259 e. The van der Waals surface area contributed by atoms with Crippen LogP contribution in [0.5, 0.6) is 17.2 Å². The number of ether oxygens (including phenoxy) is 3. The Morgan fingerprint density at radius 3 is 2.28 bits per heavy atom. The van der Waals surface area contributed by atoms with Crippen molar-refractivity contribution < 1.29 is 19.0 Å². The third kappa shape index (κ3) is 6.28. The second-order valence-corrected chi connectivity index (χ2v) is 7.42. The number of hydrogen-bond donors (Lipinski definition) is 1. The summed E-state index contributed by atoms with van der Waals surface area (Å²) in [5.41, 5.74) is 6.98. The fraction of sp³-hybridized carbons (Fsp3) is 0.304. The van der Waals surface area contributed by atoms with Gasteiger partial charge >= 0.3 is 0 Å². The van der Waals surface area contributed by atoms with Crippen LogP contribution in [0.4, 0.5) is 0 Å². The first-order valence-electron chi connectivity index (χ1n) is 9.20. The molecule has 152 valence electrons. The third-order valence-corrected chi connectivity index (χ3v) is 4.21. The largest absolute Gasteiger partial charge is 0.493 e. The average molecular weight is 394 g/mol. The second kappa shape index (κ2) is 9.65. The lowest BCUT2D eigenvalue weighted by Gasteiger charge is -2.19. The van der Waals surface area contributed by atoms with E-state index in [-0.39, 0.29) is 11.0 Å². The highest BCUT2D eigenvalue weighted by Gasteiger charge is 2.13. The van der Waals surface area contributed by atoms with Gasteiger partial charge in [-0.25, -0.2) is 0 Å². The maximum atomic E-state index is 11.2. The van der Waals surface area contributed by atoms with Crippen molar-refractivity contribution in [1.82, 2.24) is 0 Å². The predicted molar refractivity (Wildman–Crippen MR) is 112 cm³/mol. The SMILES string of the molecule is COc1cc(C=C(C#N)C(N)=O)ccc1OCCOc1ccc(C(C)(C)C)cc1. The Morgan fingerprint density at radius 2 is 1.72 bits per heavy atom. The van der Waals surface area contributed by atoms with E-state index in [1.54, 1.807) is 24.3 Å². The summed E-state index contributed by atoms with van der Waals surface area (Å²) in [5, 5.41) is 8.94. The maximum absolute atomic E-state index is 11.2. The molecular formula is C23H26N2O4. The van der Waals surface area contributed by atoms with Gasteiger partial charge in [-0.3, -0.25) is 4.79 Å². The fourth-order valence-electron chi connectivity index (χ4n) is 2.58. The average Bonchev–Trinajstić information content (AvgIpc) is 2.69. The van der Waals surface area contributed by atoms with Gasteiger partial charge in [0.1, 0.15) is 30.6 Å². The lowest BCUT2D eigenvalue weighted by Crippen LogP contribution is -2.12. The molecule has 6 heteroatoms. The van der Waals surface area contributed by atoms with E-state index < -0.39 is 5.91 Å². The number of nitrogens with zero attached hydrogens (tertiary/aromatic N) is 1. The van der Waals surface area contributed by atoms with Crippen LogP contribution in [0.1, 0.15) is 31.9 Å². The molecule has 0 fully saturated rings. The number of hydrogen-bond acceptors (Lipinski definition) is 5. The zero-order valence-corrected chi connectivity index (χ0v) is 17.2. The van der Waals surface area contributed by atoms with E-state index in [1.807, 2.05) is 12.1 Å². The van der Waals surface area contributed by atoms with Gasteiger partial charge in [-0.15, -0.1) is 0 Å². The Balaban J connectivity index is 1.95. The zero-order chi connectivity index (χ0) is 21.4. The predicted octanol–water partition coefficient (Wildman–Crippen LogP) is 3.84. The Labute approximate surface area is 171 Å². The van der Waals surface area contributed by atoms with E-state index in [0.717, 1.165) is 5.75 Å². The molecule has 0 spiro atoms. The van der Waals surface area contributed by atoms with Crippen LogP contribution in [0.25, 0.3) is 6.08 Å². The van der Waals surface area contributed by atoms with Gasteiger partial charge in [0.15, 0.2) is 11.5 Å². The van der Waals surface area contributed by atoms with Crippen LogP contribution in [-0.2, 0) is 10.2 Å². The van der Waals surface area contributed by atoms with Gasteiger partial charge < -0.3 is 19.9 Å². The summed E-state index contributed by atoms with van der Waals surface area (Å²) in [5.74, 6) is 1.02. The van der Waals surface area contributed by atoms with Crippen LogP contribution in [-0.4, -0.2) is 26.2 Å². The van der Waals surface area contributed by atoms with Crippen molar-refractivity contribution in [3.05, 3.63) is 59.2 Å². The summed E-state index contributed by atoms with van der Waals surface area (Å²) < 4.78 is 16.8. The molecule has 1 amide bonds. The highest BCUT2D eigenvalue weighted by molar-refractivity contribution is 6.00. The van der Waals surface area contributed by atoms with E-state index in [2.05, 4.69) is 32.9 Å². The van der Waals surface area contributed by atoms with Crippen LogP contribution in [0.2, 0.25) is 0 Å². The highest BCUT2D eigenvalue weighted by atomic mass is 16.5. The quantitative estimate of drug-likeness (QED) is 0.417. The van der Waals surface area contributed by atoms with Gasteiger partial charge in [0.2, 0.25) is 0 Å². The van der Waals surface area contributed by atoms with Gasteiger partial charge in [-0.1, -0.05) is 39.0 Å². The van der Waals surface area contributed by atoms with Crippen LogP contribution in [0.15, 0.2) is 48.0 Å². The van der Waals surface area contributed by atoms with E-state index in [0.29, 0.717) is 30.3 Å². The van der Waals surface area contributed by atoms with E-state index in [1.165, 1.54) is 18.7 Å². The third-order valence-electron chi connectivity index (χ3n) is 4.21. The minimum atomic E-state index is -0.778. The Morgan fingerprint density at radius 1 is 1.07 bits per heavy atom. The molecule has 0 saturated carbocycles. The number of amides is 1. The number of benzene rings is 2. The second-order valence-electron chi connectivity index (χ2n) is 7.42. The topological polar surface area (TPSA) is 94.6 Å². The molecule has 0 radical (unpaired) electrons. The lowest BCUT2D eigenvalue weighted by molar-refractivity contribution is -0.114. The summed E-state index contributed by atoms with van der Waals surface area (Å²) in [7, 11) is 1.52. The molecule has 2 aromatic rings. The number of carbonyl (C=O) groups is 1. The van der Waals surface area contributed by atoms with Gasteiger partial charge in [-0.05, 0) is 46.9 Å². The van der Waals surface area contributed by atoms with Gasteiger partial charge in [0, 0.05) is 0 Å². The molecular weight excluding hydrogens is 368 g/mol. The van der Waals surface area contributed by atoms with Crippen LogP contribution in [0, 0.1) is 11.3 Å². The Bertz CT molecular complexity index is 919. The number of rotatable bonds is 8. The minimum Gasteiger partial charge on any atom is -0.493 e. The first kappa shape index (κ1) is 21.8. The number of nitrogens with two attached hydrogens (primary N) is 1. The molecule has 0 aliphatic rings. The number of methoxy groups -OCH3 is 1. The van der Waals surface area contributed by atoms with Crippen molar-refractivity contribution in [2.75, 3.05) is 20.3 Å². The minimum absolute atomic E-state index is 0.102. The first-order valence-corrected chi connectivity index (χ1v) is 9.20. The highest BCUT2D eigenvalue weighted by Crippen LogP contribution is 2.29. The molecule has 2 rings (SSSR count). The van der Waals surface area contributed by atoms with Crippen LogP contribution < -0.4 is 19.9 Å². The van der Waals surface area contributed by atoms with Crippen molar-refractivity contribution in [1.29, 1.82) is 5.26 Å². The zero-order valence-electron chi connectivity index (χ0n) is 17.2. The first-order chi connectivity index (χ1) is 13.7. The molecule has 0 aliphatic heterocycles. The molecule has 0 unspecified atom stereocenters. The maximum Gasteiger partial charge on any atom is 0.259 e. The summed E-state index contributed by atoms with van der Waals surface area (Å²) in [6.07, 6.45) is 1.40. The standard InChI is InChI=1S/C23H26N2O4/c1-23(2,3)18-6-8-19(9-7-18)28-11-12-29-20-10-5-16(14-21(20)27-4)13-17(15-24)22(25)26/h5-10,13-14H,11-12H2,1-4H3,(H2,25,26). The molecule has 0 aromatic heterocycles. The van der Waals surface area contributed by atoms with Crippen LogP contribution in [0.3, 0.4) is 0 Å². The van der Waals surface area contributed by atoms with Gasteiger partial charge in [-0.2, -0.15) is 5.26 Å². The normalized spacial score (nSPS) is 11.5. The van der Waals surface area contributed by atoms with Gasteiger partial charge in [0.25, 0.3) is 5.91 Å². The lowest BCUT2D eigenvalue weighted by atomic mass is 9.87. The van der Waals surface area contributed by atoms with Crippen LogP contribution >= 0.6 is 0 Å². The molecule has 2 aromatic carbocycles. The summed E-state index contributed by atoms with van der Waals surface area (Å²) >= 11 is 0. The Hall–Kier alpha value is -3.46. The molecule has 0 heterocycles. The van der Waals surface area contributed by atoms with Crippen molar-refractivity contribution in [2.24, 2.45) is 5.73 Å². The molecule has 0 saturated heterocycles. The van der Waals surface area contributed by atoms with Crippen molar-refractivity contribution in [3.63, 3.8) is 0 Å². The summed E-state index contributed by atoms with van der Waals surface area (Å²) in [4.78, 5) is 11.2. The molecule has 6 nitrogen and oxygen atoms in total. The van der Waals surface area contributed by atoms with Crippen molar-refractivity contribution >= 4 is 12.0 Å². The van der Waals surface area contributed by atoms with E-state index >= 15 is 0 Å².